The summed E-state index contributed by atoms with van der Waals surface area (Å²) in [5.41, 5.74) is 9.98. The molecule has 2 amide bonds. The molecular weight excluding hydrogens is 350 g/mol. The summed E-state index contributed by atoms with van der Waals surface area (Å²) in [5.74, 6) is 0.207. The van der Waals surface area contributed by atoms with Crippen LogP contribution in [0.4, 0.5) is 5.69 Å². The third-order valence-corrected chi connectivity index (χ3v) is 5.13. The normalized spacial score (nSPS) is 21.6. The summed E-state index contributed by atoms with van der Waals surface area (Å²) in [6, 6.07) is 15.6. The van der Waals surface area contributed by atoms with Crippen molar-refractivity contribution in [2.24, 2.45) is 5.73 Å². The Hall–Kier alpha value is -2.37. The Bertz CT molecular complexity index is 825. The Morgan fingerprint density at radius 2 is 1.85 bits per heavy atom. The quantitative estimate of drug-likeness (QED) is 0.851. The summed E-state index contributed by atoms with van der Waals surface area (Å²) in [4.78, 5) is 26.2. The Kier molecular flexibility index (Phi) is 5.30. The number of benzene rings is 2. The summed E-state index contributed by atoms with van der Waals surface area (Å²) in [7, 11) is 0. The number of fused-ring (bicyclic) bond motifs is 1. The first-order valence-electron chi connectivity index (χ1n) is 8.64. The van der Waals surface area contributed by atoms with Gasteiger partial charge in [0.25, 0.3) is 5.91 Å². The minimum Gasteiger partial charge on any atom is -0.336 e. The molecule has 1 fully saturated rings. The Morgan fingerprint density at radius 1 is 1.08 bits per heavy atom. The van der Waals surface area contributed by atoms with E-state index in [2.05, 4.69) is 17.4 Å². The number of amides is 2. The molecule has 0 aromatic heterocycles. The van der Waals surface area contributed by atoms with Gasteiger partial charge in [0, 0.05) is 42.7 Å². The molecule has 0 radical (unpaired) electrons. The van der Waals surface area contributed by atoms with E-state index in [9.17, 15) is 9.59 Å². The Morgan fingerprint density at radius 3 is 2.62 bits per heavy atom. The van der Waals surface area contributed by atoms with E-state index in [-0.39, 0.29) is 36.2 Å². The predicted molar refractivity (Wildman–Crippen MR) is 104 cm³/mol. The molecule has 2 aliphatic rings. The molecule has 4 rings (SSSR count). The predicted octanol–water partition coefficient (Wildman–Crippen LogP) is 2.56. The third kappa shape index (κ3) is 3.45. The molecule has 2 atom stereocenters. The number of likely N-dealkylation sites (tertiary alicyclic amines) is 1. The van der Waals surface area contributed by atoms with Crippen molar-refractivity contribution in [3.8, 4) is 0 Å². The van der Waals surface area contributed by atoms with Crippen LogP contribution in [-0.2, 0) is 11.2 Å². The summed E-state index contributed by atoms with van der Waals surface area (Å²) >= 11 is 0. The van der Waals surface area contributed by atoms with E-state index < -0.39 is 0 Å². The monoisotopic (exact) mass is 371 g/mol. The molecule has 136 valence electrons. The van der Waals surface area contributed by atoms with Crippen LogP contribution in [0.1, 0.15) is 33.8 Å². The summed E-state index contributed by atoms with van der Waals surface area (Å²) < 4.78 is 0. The Labute approximate surface area is 159 Å². The summed E-state index contributed by atoms with van der Waals surface area (Å²) in [6.45, 7) is 1.20. The molecule has 2 aliphatic heterocycles. The van der Waals surface area contributed by atoms with Gasteiger partial charge in [-0.15, -0.1) is 12.4 Å². The van der Waals surface area contributed by atoms with Crippen LogP contribution in [0.5, 0.6) is 0 Å². The molecule has 0 spiro atoms. The lowest BCUT2D eigenvalue weighted by molar-refractivity contribution is -0.116. The van der Waals surface area contributed by atoms with E-state index in [1.165, 1.54) is 5.56 Å². The number of rotatable bonds is 2. The number of hydrogen-bond donors (Lipinski definition) is 2. The first-order chi connectivity index (χ1) is 12.1. The smallest absolute Gasteiger partial charge is 0.253 e. The van der Waals surface area contributed by atoms with Gasteiger partial charge in [-0.25, -0.2) is 0 Å². The van der Waals surface area contributed by atoms with Gasteiger partial charge in [-0.3, -0.25) is 9.59 Å². The van der Waals surface area contributed by atoms with Gasteiger partial charge >= 0.3 is 0 Å². The zero-order valence-corrected chi connectivity index (χ0v) is 15.2. The van der Waals surface area contributed by atoms with Crippen LogP contribution < -0.4 is 11.1 Å². The van der Waals surface area contributed by atoms with E-state index in [4.69, 9.17) is 5.73 Å². The topological polar surface area (TPSA) is 75.4 Å². The van der Waals surface area contributed by atoms with Crippen molar-refractivity contribution in [1.29, 1.82) is 0 Å². The molecule has 3 N–H and O–H groups in total. The van der Waals surface area contributed by atoms with Crippen LogP contribution in [-0.4, -0.2) is 35.8 Å². The van der Waals surface area contributed by atoms with Crippen LogP contribution in [0.2, 0.25) is 0 Å². The van der Waals surface area contributed by atoms with Gasteiger partial charge in [0.1, 0.15) is 0 Å². The molecule has 2 aromatic carbocycles. The van der Waals surface area contributed by atoms with Crippen molar-refractivity contribution in [2.45, 2.75) is 24.8 Å². The standard InChI is InChI=1S/C20H21N3O2.ClH/c21-17-12-23(11-16(17)13-4-2-1-3-5-13)20(25)15-6-8-18-14(10-15)7-9-19(24)22-18;/h1-6,8,10,16-17H,7,9,11-12,21H2,(H,22,24);1H/t16-,17+;/m0./s1. The molecule has 6 heteroatoms. The number of nitrogens with two attached hydrogens (primary N) is 1. The zero-order valence-electron chi connectivity index (χ0n) is 14.4. The van der Waals surface area contributed by atoms with Gasteiger partial charge in [-0.1, -0.05) is 30.3 Å². The minimum atomic E-state index is -0.0525. The van der Waals surface area contributed by atoms with Crippen molar-refractivity contribution in [3.05, 3.63) is 65.2 Å². The molecule has 2 heterocycles. The lowest BCUT2D eigenvalue weighted by atomic mass is 9.95. The fourth-order valence-electron chi connectivity index (χ4n) is 3.75. The van der Waals surface area contributed by atoms with E-state index >= 15 is 0 Å². The maximum atomic E-state index is 12.9. The molecule has 0 bridgehead atoms. The van der Waals surface area contributed by atoms with Crippen LogP contribution in [0.3, 0.4) is 0 Å². The number of hydrogen-bond acceptors (Lipinski definition) is 3. The average Bonchev–Trinajstić information content (AvgIpc) is 3.03. The highest BCUT2D eigenvalue weighted by molar-refractivity contribution is 5.98. The van der Waals surface area contributed by atoms with Crippen molar-refractivity contribution >= 4 is 29.9 Å². The molecule has 0 unspecified atom stereocenters. The average molecular weight is 372 g/mol. The second-order valence-corrected chi connectivity index (χ2v) is 6.81. The van der Waals surface area contributed by atoms with Crippen LogP contribution in [0, 0.1) is 0 Å². The second kappa shape index (κ2) is 7.48. The molecular formula is C20H22ClN3O2. The van der Waals surface area contributed by atoms with Crippen molar-refractivity contribution in [3.63, 3.8) is 0 Å². The fourth-order valence-corrected chi connectivity index (χ4v) is 3.75. The summed E-state index contributed by atoms with van der Waals surface area (Å²) in [6.07, 6.45) is 1.14. The number of carbonyl (C=O) groups is 2. The number of anilines is 1. The number of aryl methyl sites for hydroxylation is 1. The zero-order chi connectivity index (χ0) is 17.4. The van der Waals surface area contributed by atoms with Gasteiger partial charge in [-0.05, 0) is 35.7 Å². The van der Waals surface area contributed by atoms with E-state index in [0.29, 0.717) is 31.5 Å². The summed E-state index contributed by atoms with van der Waals surface area (Å²) in [5, 5.41) is 2.85. The third-order valence-electron chi connectivity index (χ3n) is 5.13. The fraction of sp³-hybridized carbons (Fsp3) is 0.300. The number of carbonyl (C=O) groups excluding carboxylic acids is 2. The van der Waals surface area contributed by atoms with Gasteiger partial charge in [0.2, 0.25) is 5.91 Å². The number of nitrogens with zero attached hydrogens (tertiary/aromatic N) is 1. The van der Waals surface area contributed by atoms with Crippen molar-refractivity contribution < 1.29 is 9.59 Å². The van der Waals surface area contributed by atoms with Gasteiger partial charge in [0.05, 0.1) is 0 Å². The highest BCUT2D eigenvalue weighted by Crippen LogP contribution is 2.29. The maximum absolute atomic E-state index is 12.9. The van der Waals surface area contributed by atoms with Crippen LogP contribution in [0.15, 0.2) is 48.5 Å². The van der Waals surface area contributed by atoms with E-state index in [1.54, 1.807) is 6.07 Å². The first-order valence-corrected chi connectivity index (χ1v) is 8.64. The minimum absolute atomic E-state index is 0. The molecule has 0 saturated carbocycles. The highest BCUT2D eigenvalue weighted by Gasteiger charge is 2.34. The molecule has 0 aliphatic carbocycles. The number of halogens is 1. The van der Waals surface area contributed by atoms with E-state index in [1.807, 2.05) is 35.2 Å². The SMILES string of the molecule is Cl.N[C@@H]1CN(C(=O)c2ccc3c(c2)CCC(=O)N3)C[C@H]1c1ccccc1. The van der Waals surface area contributed by atoms with Crippen molar-refractivity contribution in [2.75, 3.05) is 18.4 Å². The van der Waals surface area contributed by atoms with E-state index in [0.717, 1.165) is 11.3 Å². The number of nitrogens with one attached hydrogen (secondary N) is 1. The van der Waals surface area contributed by atoms with Crippen LogP contribution >= 0.6 is 12.4 Å². The molecule has 1 saturated heterocycles. The molecule has 2 aromatic rings. The van der Waals surface area contributed by atoms with Gasteiger partial charge < -0.3 is 16.0 Å². The van der Waals surface area contributed by atoms with Gasteiger partial charge in [-0.2, -0.15) is 0 Å². The van der Waals surface area contributed by atoms with Crippen molar-refractivity contribution in [1.82, 2.24) is 4.90 Å². The highest BCUT2D eigenvalue weighted by atomic mass is 35.5. The maximum Gasteiger partial charge on any atom is 0.253 e. The Balaban J connectivity index is 0.00000196. The van der Waals surface area contributed by atoms with Crippen LogP contribution in [0.25, 0.3) is 0 Å². The largest absolute Gasteiger partial charge is 0.336 e. The molecule has 26 heavy (non-hydrogen) atoms. The lowest BCUT2D eigenvalue weighted by Crippen LogP contribution is -2.32. The second-order valence-electron chi connectivity index (χ2n) is 6.81. The van der Waals surface area contributed by atoms with Gasteiger partial charge in [0.15, 0.2) is 0 Å². The molecule has 5 nitrogen and oxygen atoms in total. The lowest BCUT2D eigenvalue weighted by Gasteiger charge is -2.20. The first kappa shape index (κ1) is 18.4.